The Labute approximate surface area is 117 Å². The summed E-state index contributed by atoms with van der Waals surface area (Å²) in [6.45, 7) is 7.95. The molecule has 0 unspecified atom stereocenters. The van der Waals surface area contributed by atoms with Crippen LogP contribution < -0.4 is 10.4 Å². The van der Waals surface area contributed by atoms with Gasteiger partial charge in [0.1, 0.15) is 11.9 Å². The molecule has 0 spiro atoms. The van der Waals surface area contributed by atoms with Crippen LogP contribution in [0.25, 0.3) is 5.69 Å². The lowest BCUT2D eigenvalue weighted by Gasteiger charge is -2.14. The Balaban J connectivity index is 2.59. The van der Waals surface area contributed by atoms with E-state index in [2.05, 4.69) is 15.4 Å². The van der Waals surface area contributed by atoms with E-state index in [-0.39, 0.29) is 5.41 Å². The van der Waals surface area contributed by atoms with Gasteiger partial charge in [-0.15, -0.1) is 0 Å². The van der Waals surface area contributed by atoms with Gasteiger partial charge in [-0.3, -0.25) is 4.98 Å². The fourth-order valence-corrected chi connectivity index (χ4v) is 1.80. The van der Waals surface area contributed by atoms with Crippen LogP contribution in [0, 0.1) is 6.92 Å². The largest absolute Gasteiger partial charge is 0.530 e. The molecule has 2 aromatic rings. The number of nitrogens with zero attached hydrogens (tertiary/aromatic N) is 3. The second-order valence-corrected chi connectivity index (χ2v) is 5.65. The highest BCUT2D eigenvalue weighted by Gasteiger charge is 2.21. The number of anilines is 1. The molecule has 6 heteroatoms. The zero-order valence-corrected chi connectivity index (χ0v) is 12.0. The molecule has 0 atom stereocenters. The molecule has 106 valence electrons. The van der Waals surface area contributed by atoms with Crippen molar-refractivity contribution in [2.75, 3.05) is 5.32 Å². The van der Waals surface area contributed by atoms with Crippen LogP contribution >= 0.6 is 0 Å². The molecule has 2 rings (SSSR count). The SMILES string of the molecule is Cc1ccncc1-n1nc(C(C)(C)C)cc1NC(=O)[O-]. The maximum Gasteiger partial charge on any atom is 0.140 e. The van der Waals surface area contributed by atoms with Crippen LogP contribution in [-0.2, 0) is 5.41 Å². The monoisotopic (exact) mass is 273 g/mol. The van der Waals surface area contributed by atoms with Gasteiger partial charge >= 0.3 is 0 Å². The lowest BCUT2D eigenvalue weighted by atomic mass is 9.92. The number of rotatable bonds is 2. The minimum Gasteiger partial charge on any atom is -0.530 e. The Morgan fingerprint density at radius 2 is 2.10 bits per heavy atom. The van der Waals surface area contributed by atoms with Crippen molar-refractivity contribution in [2.45, 2.75) is 33.1 Å². The highest BCUT2D eigenvalue weighted by atomic mass is 16.4. The van der Waals surface area contributed by atoms with Crippen molar-refractivity contribution in [3.05, 3.63) is 35.8 Å². The van der Waals surface area contributed by atoms with Gasteiger partial charge in [0, 0.05) is 17.7 Å². The van der Waals surface area contributed by atoms with E-state index in [1.165, 1.54) is 0 Å². The Morgan fingerprint density at radius 1 is 1.40 bits per heavy atom. The van der Waals surface area contributed by atoms with Gasteiger partial charge in [-0.05, 0) is 18.6 Å². The molecular weight excluding hydrogens is 256 g/mol. The smallest absolute Gasteiger partial charge is 0.140 e. The molecule has 0 fully saturated rings. The third-order valence-electron chi connectivity index (χ3n) is 2.95. The Kier molecular flexibility index (Phi) is 3.48. The van der Waals surface area contributed by atoms with Crippen molar-refractivity contribution < 1.29 is 9.90 Å². The summed E-state index contributed by atoms with van der Waals surface area (Å²) in [6.07, 6.45) is 1.96. The molecule has 1 amide bonds. The lowest BCUT2D eigenvalue weighted by molar-refractivity contribution is -0.242. The van der Waals surface area contributed by atoms with E-state index in [4.69, 9.17) is 0 Å². The summed E-state index contributed by atoms with van der Waals surface area (Å²) < 4.78 is 1.54. The molecule has 2 aromatic heterocycles. The molecule has 0 aliphatic rings. The van der Waals surface area contributed by atoms with Gasteiger partial charge in [0.2, 0.25) is 0 Å². The molecule has 0 saturated carbocycles. The third kappa shape index (κ3) is 2.79. The van der Waals surface area contributed by atoms with E-state index in [1.807, 2.05) is 33.8 Å². The molecular formula is C14H17N4O2-. The van der Waals surface area contributed by atoms with Gasteiger partial charge in [-0.25, -0.2) is 4.68 Å². The first kappa shape index (κ1) is 14.0. The number of amides is 1. The van der Waals surface area contributed by atoms with Gasteiger partial charge in [0.25, 0.3) is 0 Å². The highest BCUT2D eigenvalue weighted by Crippen LogP contribution is 2.26. The summed E-state index contributed by atoms with van der Waals surface area (Å²) in [5.74, 6) is 0.353. The van der Waals surface area contributed by atoms with Crippen molar-refractivity contribution in [3.8, 4) is 5.69 Å². The Hall–Kier alpha value is -2.37. The zero-order valence-electron chi connectivity index (χ0n) is 12.0. The summed E-state index contributed by atoms with van der Waals surface area (Å²) in [5.41, 5.74) is 2.27. The molecule has 0 aromatic carbocycles. The first-order valence-corrected chi connectivity index (χ1v) is 6.28. The molecule has 0 radical (unpaired) electrons. The Morgan fingerprint density at radius 3 is 2.65 bits per heavy atom. The topological polar surface area (TPSA) is 82.9 Å². The lowest BCUT2D eigenvalue weighted by Crippen LogP contribution is -2.29. The quantitative estimate of drug-likeness (QED) is 0.901. The van der Waals surface area contributed by atoms with Gasteiger partial charge in [-0.1, -0.05) is 20.8 Å². The number of hydrogen-bond donors (Lipinski definition) is 1. The maximum absolute atomic E-state index is 10.8. The van der Waals surface area contributed by atoms with E-state index in [0.717, 1.165) is 16.9 Å². The van der Waals surface area contributed by atoms with Crippen LogP contribution in [-0.4, -0.2) is 20.9 Å². The van der Waals surface area contributed by atoms with Crippen molar-refractivity contribution in [2.24, 2.45) is 0 Å². The van der Waals surface area contributed by atoms with Crippen molar-refractivity contribution in [3.63, 3.8) is 0 Å². The van der Waals surface area contributed by atoms with Gasteiger partial charge in [-0.2, -0.15) is 5.10 Å². The fraction of sp³-hybridized carbons (Fsp3) is 0.357. The first-order chi connectivity index (χ1) is 9.29. The number of hydrogen-bond acceptors (Lipinski definition) is 4. The zero-order chi connectivity index (χ0) is 14.9. The summed E-state index contributed by atoms with van der Waals surface area (Å²) in [6, 6.07) is 3.55. The second-order valence-electron chi connectivity index (χ2n) is 5.65. The van der Waals surface area contributed by atoms with Crippen LogP contribution in [0.5, 0.6) is 0 Å². The molecule has 0 bridgehead atoms. The molecule has 1 N–H and O–H groups in total. The minimum atomic E-state index is -1.37. The second kappa shape index (κ2) is 4.96. The van der Waals surface area contributed by atoms with E-state index in [0.29, 0.717) is 5.82 Å². The normalized spacial score (nSPS) is 11.4. The number of carboxylic acid groups (broad SMARTS) is 1. The van der Waals surface area contributed by atoms with Gasteiger partial charge in [0.15, 0.2) is 0 Å². The molecule has 0 aliphatic carbocycles. The fourth-order valence-electron chi connectivity index (χ4n) is 1.80. The molecule has 2 heterocycles. The summed E-state index contributed by atoms with van der Waals surface area (Å²) in [4.78, 5) is 14.9. The summed E-state index contributed by atoms with van der Waals surface area (Å²) in [5, 5.41) is 17.6. The summed E-state index contributed by atoms with van der Waals surface area (Å²) >= 11 is 0. The minimum absolute atomic E-state index is 0.191. The third-order valence-corrected chi connectivity index (χ3v) is 2.95. The van der Waals surface area contributed by atoms with Gasteiger partial charge in [0.05, 0.1) is 17.6 Å². The van der Waals surface area contributed by atoms with E-state index >= 15 is 0 Å². The standard InChI is InChI=1S/C14H18N4O2/c1-9-5-6-15-8-10(9)18-12(16-13(19)20)7-11(17-18)14(2,3)4/h5-8,16H,1-4H3,(H,19,20)/p-1. The van der Waals surface area contributed by atoms with Gasteiger partial charge < -0.3 is 15.2 Å². The average Bonchev–Trinajstić information content (AvgIpc) is 2.72. The van der Waals surface area contributed by atoms with Crippen molar-refractivity contribution in [1.82, 2.24) is 14.8 Å². The van der Waals surface area contributed by atoms with Crippen molar-refractivity contribution in [1.29, 1.82) is 0 Å². The predicted octanol–water partition coefficient (Wildman–Crippen LogP) is 1.63. The van der Waals surface area contributed by atoms with Crippen LogP contribution in [0.15, 0.2) is 24.5 Å². The number of nitrogens with one attached hydrogen (secondary N) is 1. The average molecular weight is 273 g/mol. The number of aromatic nitrogens is 3. The molecule has 0 aliphatic heterocycles. The first-order valence-electron chi connectivity index (χ1n) is 6.28. The predicted molar refractivity (Wildman–Crippen MR) is 73.8 cm³/mol. The number of carbonyl (C=O) groups excluding carboxylic acids is 1. The number of pyridine rings is 1. The van der Waals surface area contributed by atoms with Crippen LogP contribution in [0.4, 0.5) is 10.6 Å². The van der Waals surface area contributed by atoms with Crippen LogP contribution in [0.3, 0.4) is 0 Å². The Bertz CT molecular complexity index is 641. The van der Waals surface area contributed by atoms with Crippen molar-refractivity contribution >= 4 is 11.9 Å². The highest BCUT2D eigenvalue weighted by molar-refractivity contribution is 5.80. The summed E-state index contributed by atoms with van der Waals surface area (Å²) in [7, 11) is 0. The van der Waals surface area contributed by atoms with Crippen LogP contribution in [0.2, 0.25) is 0 Å². The molecule has 20 heavy (non-hydrogen) atoms. The van der Waals surface area contributed by atoms with E-state index in [9.17, 15) is 9.90 Å². The number of aryl methyl sites for hydroxylation is 1. The maximum atomic E-state index is 10.8. The van der Waals surface area contributed by atoms with Crippen LogP contribution in [0.1, 0.15) is 32.0 Å². The van der Waals surface area contributed by atoms with E-state index in [1.54, 1.807) is 23.1 Å². The molecule has 0 saturated heterocycles. The molecule has 6 nitrogen and oxygen atoms in total. The number of carbonyl (C=O) groups is 1. The van der Waals surface area contributed by atoms with E-state index < -0.39 is 6.09 Å².